The number of nitrogens with one attached hydrogen (secondary N) is 2. The van der Waals surface area contributed by atoms with Gasteiger partial charge in [0.25, 0.3) is 11.8 Å². The lowest BCUT2D eigenvalue weighted by Crippen LogP contribution is -2.25. The van der Waals surface area contributed by atoms with Crippen molar-refractivity contribution in [2.75, 3.05) is 11.9 Å². The Morgan fingerprint density at radius 3 is 2.58 bits per heavy atom. The van der Waals surface area contributed by atoms with E-state index in [0.717, 1.165) is 12.8 Å². The van der Waals surface area contributed by atoms with E-state index in [9.17, 15) is 9.59 Å². The molecule has 2 rings (SSSR count). The SMILES string of the molecule is CCCCNC(=O)c1ccnc(C(=O)Nc2ccc(Cl)c(Cl)c2)c1. The normalized spacial score (nSPS) is 10.3. The molecule has 0 radical (unpaired) electrons. The Morgan fingerprint density at radius 1 is 1.08 bits per heavy atom. The number of hydrogen-bond acceptors (Lipinski definition) is 3. The van der Waals surface area contributed by atoms with Gasteiger partial charge in [0.05, 0.1) is 10.0 Å². The van der Waals surface area contributed by atoms with Crippen LogP contribution in [-0.2, 0) is 0 Å². The molecule has 0 unspecified atom stereocenters. The van der Waals surface area contributed by atoms with Gasteiger partial charge in [0.1, 0.15) is 5.69 Å². The zero-order valence-electron chi connectivity index (χ0n) is 13.1. The van der Waals surface area contributed by atoms with E-state index in [0.29, 0.717) is 27.8 Å². The molecular weight excluding hydrogens is 349 g/mol. The van der Waals surface area contributed by atoms with Crippen molar-refractivity contribution in [3.05, 3.63) is 57.8 Å². The Kier molecular flexibility index (Phi) is 6.58. The van der Waals surface area contributed by atoms with Crippen LogP contribution in [0.1, 0.15) is 40.6 Å². The number of carbonyl (C=O) groups is 2. The first kappa shape index (κ1) is 18.2. The monoisotopic (exact) mass is 365 g/mol. The van der Waals surface area contributed by atoms with Crippen LogP contribution >= 0.6 is 23.2 Å². The third-order valence-electron chi connectivity index (χ3n) is 3.25. The van der Waals surface area contributed by atoms with Gasteiger partial charge in [-0.15, -0.1) is 0 Å². The minimum Gasteiger partial charge on any atom is -0.352 e. The predicted molar refractivity (Wildman–Crippen MR) is 95.9 cm³/mol. The number of hydrogen-bond donors (Lipinski definition) is 2. The number of carbonyl (C=O) groups excluding carboxylic acids is 2. The highest BCUT2D eigenvalue weighted by Crippen LogP contribution is 2.25. The molecular formula is C17H17Cl2N3O2. The van der Waals surface area contributed by atoms with Gasteiger partial charge in [-0.2, -0.15) is 0 Å². The zero-order chi connectivity index (χ0) is 17.5. The second kappa shape index (κ2) is 8.66. The van der Waals surface area contributed by atoms with Gasteiger partial charge in [0.15, 0.2) is 0 Å². The fraction of sp³-hybridized carbons (Fsp3) is 0.235. The van der Waals surface area contributed by atoms with Crippen LogP contribution in [0.25, 0.3) is 0 Å². The lowest BCUT2D eigenvalue weighted by Gasteiger charge is -2.08. The van der Waals surface area contributed by atoms with Gasteiger partial charge in [0, 0.05) is 24.0 Å². The molecule has 5 nitrogen and oxygen atoms in total. The largest absolute Gasteiger partial charge is 0.352 e. The topological polar surface area (TPSA) is 71.1 Å². The van der Waals surface area contributed by atoms with Crippen molar-refractivity contribution in [3.8, 4) is 0 Å². The number of rotatable bonds is 6. The second-order valence-corrected chi connectivity index (χ2v) is 5.94. The van der Waals surface area contributed by atoms with Crippen LogP contribution in [0.5, 0.6) is 0 Å². The molecule has 0 aliphatic rings. The summed E-state index contributed by atoms with van der Waals surface area (Å²) < 4.78 is 0. The lowest BCUT2D eigenvalue weighted by atomic mass is 10.2. The van der Waals surface area contributed by atoms with Crippen LogP contribution < -0.4 is 10.6 Å². The van der Waals surface area contributed by atoms with Gasteiger partial charge in [-0.05, 0) is 36.8 Å². The van der Waals surface area contributed by atoms with Crippen molar-refractivity contribution in [2.24, 2.45) is 0 Å². The summed E-state index contributed by atoms with van der Waals surface area (Å²) in [6.45, 7) is 2.65. The number of halogens is 2. The number of anilines is 1. The number of unbranched alkanes of at least 4 members (excludes halogenated alkanes) is 1. The van der Waals surface area contributed by atoms with Crippen LogP contribution in [0.15, 0.2) is 36.5 Å². The summed E-state index contributed by atoms with van der Waals surface area (Å²) in [7, 11) is 0. The van der Waals surface area contributed by atoms with E-state index in [-0.39, 0.29) is 11.6 Å². The molecule has 2 aromatic rings. The van der Waals surface area contributed by atoms with Gasteiger partial charge in [-0.3, -0.25) is 14.6 Å². The van der Waals surface area contributed by atoms with Crippen LogP contribution in [0.3, 0.4) is 0 Å². The van der Waals surface area contributed by atoms with E-state index >= 15 is 0 Å². The summed E-state index contributed by atoms with van der Waals surface area (Å²) in [6, 6.07) is 7.78. The Hall–Kier alpha value is -2.11. The molecule has 2 N–H and O–H groups in total. The highest BCUT2D eigenvalue weighted by molar-refractivity contribution is 6.42. The van der Waals surface area contributed by atoms with Crippen molar-refractivity contribution in [3.63, 3.8) is 0 Å². The molecule has 0 bridgehead atoms. The number of nitrogens with zero attached hydrogens (tertiary/aromatic N) is 1. The molecule has 0 saturated heterocycles. The molecule has 7 heteroatoms. The second-order valence-electron chi connectivity index (χ2n) is 5.12. The Morgan fingerprint density at radius 2 is 1.88 bits per heavy atom. The Labute approximate surface area is 150 Å². The van der Waals surface area contributed by atoms with Crippen LogP contribution in [0.2, 0.25) is 10.0 Å². The first-order valence-corrected chi connectivity index (χ1v) is 8.27. The average molecular weight is 366 g/mol. The predicted octanol–water partition coefficient (Wildman–Crippen LogP) is 4.17. The molecule has 24 heavy (non-hydrogen) atoms. The fourth-order valence-corrected chi connectivity index (χ4v) is 2.24. The molecule has 1 aromatic carbocycles. The molecule has 1 aromatic heterocycles. The zero-order valence-corrected chi connectivity index (χ0v) is 14.6. The molecule has 0 aliphatic carbocycles. The van der Waals surface area contributed by atoms with Gasteiger partial charge in [-0.1, -0.05) is 36.5 Å². The van der Waals surface area contributed by atoms with E-state index < -0.39 is 5.91 Å². The summed E-state index contributed by atoms with van der Waals surface area (Å²) in [5, 5.41) is 6.21. The minimum absolute atomic E-state index is 0.143. The average Bonchev–Trinajstić information content (AvgIpc) is 2.58. The summed E-state index contributed by atoms with van der Waals surface area (Å²) in [5.41, 5.74) is 1.03. The molecule has 0 fully saturated rings. The third-order valence-corrected chi connectivity index (χ3v) is 3.99. The molecule has 0 aliphatic heterocycles. The van der Waals surface area contributed by atoms with Crippen molar-refractivity contribution in [1.82, 2.24) is 10.3 Å². The molecule has 0 saturated carbocycles. The van der Waals surface area contributed by atoms with E-state index in [2.05, 4.69) is 15.6 Å². The maximum Gasteiger partial charge on any atom is 0.274 e. The quantitative estimate of drug-likeness (QED) is 0.754. The summed E-state index contributed by atoms with van der Waals surface area (Å²) in [6.07, 6.45) is 3.33. The minimum atomic E-state index is -0.434. The third kappa shape index (κ3) is 4.94. The van der Waals surface area contributed by atoms with Crippen molar-refractivity contribution in [2.45, 2.75) is 19.8 Å². The smallest absolute Gasteiger partial charge is 0.274 e. The van der Waals surface area contributed by atoms with E-state index in [1.165, 1.54) is 12.3 Å². The van der Waals surface area contributed by atoms with Gasteiger partial charge < -0.3 is 10.6 Å². The Bertz CT molecular complexity index is 750. The Balaban J connectivity index is 2.08. The van der Waals surface area contributed by atoms with Crippen LogP contribution in [0.4, 0.5) is 5.69 Å². The summed E-state index contributed by atoms with van der Waals surface area (Å²) in [5.74, 6) is -0.661. The first-order chi connectivity index (χ1) is 11.5. The van der Waals surface area contributed by atoms with Crippen molar-refractivity contribution < 1.29 is 9.59 Å². The molecule has 126 valence electrons. The molecule has 2 amide bonds. The number of benzene rings is 1. The van der Waals surface area contributed by atoms with Gasteiger partial charge in [-0.25, -0.2) is 0 Å². The molecule has 1 heterocycles. The highest BCUT2D eigenvalue weighted by atomic mass is 35.5. The maximum atomic E-state index is 12.3. The van der Waals surface area contributed by atoms with Crippen molar-refractivity contribution in [1.29, 1.82) is 0 Å². The van der Waals surface area contributed by atoms with E-state index in [4.69, 9.17) is 23.2 Å². The first-order valence-electron chi connectivity index (χ1n) is 7.52. The number of pyridine rings is 1. The van der Waals surface area contributed by atoms with E-state index in [1.54, 1.807) is 24.3 Å². The summed E-state index contributed by atoms with van der Waals surface area (Å²) in [4.78, 5) is 28.3. The lowest BCUT2D eigenvalue weighted by molar-refractivity contribution is 0.0953. The van der Waals surface area contributed by atoms with Gasteiger partial charge >= 0.3 is 0 Å². The molecule has 0 atom stereocenters. The highest BCUT2D eigenvalue weighted by Gasteiger charge is 2.12. The maximum absolute atomic E-state index is 12.3. The van der Waals surface area contributed by atoms with Crippen LogP contribution in [-0.4, -0.2) is 23.3 Å². The van der Waals surface area contributed by atoms with Crippen LogP contribution in [0, 0.1) is 0 Å². The molecule has 0 spiro atoms. The summed E-state index contributed by atoms with van der Waals surface area (Å²) >= 11 is 11.8. The number of amides is 2. The van der Waals surface area contributed by atoms with Gasteiger partial charge in [0.2, 0.25) is 0 Å². The van der Waals surface area contributed by atoms with E-state index in [1.807, 2.05) is 6.92 Å². The number of aromatic nitrogens is 1. The fourth-order valence-electron chi connectivity index (χ4n) is 1.95. The van der Waals surface area contributed by atoms with Crippen molar-refractivity contribution >= 4 is 40.7 Å². The standard InChI is InChI=1S/C17H17Cl2N3O2/c1-2-3-7-21-16(23)11-6-8-20-15(9-11)17(24)22-12-4-5-13(18)14(19)10-12/h4-6,8-10H,2-3,7H2,1H3,(H,21,23)(H,22,24).